The largest absolute Gasteiger partial charge is 0.483 e. The van der Waals surface area contributed by atoms with Gasteiger partial charge in [0, 0.05) is 17.8 Å². The van der Waals surface area contributed by atoms with E-state index in [2.05, 4.69) is 10.3 Å². The summed E-state index contributed by atoms with van der Waals surface area (Å²) in [7, 11) is 0. The number of anilines is 2. The van der Waals surface area contributed by atoms with Gasteiger partial charge in [-0.2, -0.15) is 0 Å². The number of hydrogen-bond donors (Lipinski definition) is 2. The van der Waals surface area contributed by atoms with Crippen molar-refractivity contribution < 1.29 is 4.74 Å². The van der Waals surface area contributed by atoms with Crippen LogP contribution < -0.4 is 15.8 Å². The number of nitrogen functional groups attached to an aromatic ring is 1. The molecule has 15 heavy (non-hydrogen) atoms. The molecule has 0 saturated heterocycles. The first kappa shape index (κ1) is 9.83. The van der Waals surface area contributed by atoms with E-state index in [-0.39, 0.29) is 6.04 Å². The third-order valence-corrected chi connectivity index (χ3v) is 2.06. The minimum atomic E-state index is 0.270. The Hall–Kier alpha value is -1.71. The van der Waals surface area contributed by atoms with E-state index < -0.39 is 0 Å². The van der Waals surface area contributed by atoms with Crippen LogP contribution in [0.2, 0.25) is 0 Å². The molecule has 0 saturated carbocycles. The molecule has 0 unspecified atom stereocenters. The summed E-state index contributed by atoms with van der Waals surface area (Å²) < 4.78 is 5.54. The van der Waals surface area contributed by atoms with E-state index in [1.54, 1.807) is 0 Å². The van der Waals surface area contributed by atoms with E-state index in [1.165, 1.54) is 0 Å². The van der Waals surface area contributed by atoms with Gasteiger partial charge in [-0.1, -0.05) is 0 Å². The minimum absolute atomic E-state index is 0.270. The zero-order chi connectivity index (χ0) is 10.8. The zero-order valence-corrected chi connectivity index (χ0v) is 8.95. The third-order valence-electron chi connectivity index (χ3n) is 2.06. The van der Waals surface area contributed by atoms with Crippen molar-refractivity contribution in [2.75, 3.05) is 17.7 Å². The Morgan fingerprint density at radius 3 is 3.00 bits per heavy atom. The molecule has 0 bridgehead atoms. The van der Waals surface area contributed by atoms with Gasteiger partial charge in [-0.3, -0.25) is 4.99 Å². The van der Waals surface area contributed by atoms with Gasteiger partial charge in [0.2, 0.25) is 0 Å². The monoisotopic (exact) mass is 205 g/mol. The molecule has 0 spiro atoms. The lowest BCUT2D eigenvalue weighted by Crippen LogP contribution is -2.27. The summed E-state index contributed by atoms with van der Waals surface area (Å²) in [5, 5.41) is 3.22. The fourth-order valence-corrected chi connectivity index (χ4v) is 1.48. The Kier molecular flexibility index (Phi) is 2.49. The average Bonchev–Trinajstić information content (AvgIpc) is 2.17. The molecule has 4 heteroatoms. The van der Waals surface area contributed by atoms with Crippen LogP contribution >= 0.6 is 0 Å². The maximum atomic E-state index is 5.66. The van der Waals surface area contributed by atoms with E-state index >= 15 is 0 Å². The normalized spacial score (nSPS) is 17.1. The number of nitrogens with zero attached hydrogens (tertiary/aromatic N) is 1. The van der Waals surface area contributed by atoms with Crippen LogP contribution in [-0.2, 0) is 0 Å². The van der Waals surface area contributed by atoms with Crippen molar-refractivity contribution in [3.8, 4) is 5.75 Å². The highest BCUT2D eigenvalue weighted by molar-refractivity contribution is 5.99. The molecule has 0 aliphatic carbocycles. The standard InChI is InChI=1S/C11H15N3O/c1-7(2)13-11-6-15-10-5-8(12)3-4-9(10)14-11/h3-5,7H,6,12H2,1-2H3,(H,13,14). The maximum Gasteiger partial charge on any atom is 0.146 e. The van der Waals surface area contributed by atoms with Crippen molar-refractivity contribution in [1.82, 2.24) is 0 Å². The highest BCUT2D eigenvalue weighted by Gasteiger charge is 2.14. The van der Waals surface area contributed by atoms with Gasteiger partial charge in [-0.15, -0.1) is 0 Å². The topological polar surface area (TPSA) is 59.6 Å². The summed E-state index contributed by atoms with van der Waals surface area (Å²) in [5.74, 6) is 1.65. The number of ether oxygens (including phenoxy) is 1. The molecule has 1 aliphatic rings. The molecule has 4 nitrogen and oxygen atoms in total. The Bertz CT molecular complexity index is 399. The average molecular weight is 205 g/mol. The second-order valence-electron chi connectivity index (χ2n) is 3.84. The molecular formula is C11H15N3O. The number of aliphatic imine (C=N–C) groups is 1. The lowest BCUT2D eigenvalue weighted by Gasteiger charge is -2.21. The van der Waals surface area contributed by atoms with Crippen molar-refractivity contribution in [3.63, 3.8) is 0 Å². The van der Waals surface area contributed by atoms with E-state index in [0.29, 0.717) is 12.3 Å². The van der Waals surface area contributed by atoms with Gasteiger partial charge in [0.05, 0.1) is 5.69 Å². The molecule has 0 atom stereocenters. The quantitative estimate of drug-likeness (QED) is 0.688. The molecule has 0 aromatic heterocycles. The number of nitrogens with two attached hydrogens (primary N) is 1. The summed E-state index contributed by atoms with van der Waals surface area (Å²) in [6.07, 6.45) is 0. The molecule has 3 N–H and O–H groups in total. The first-order valence-corrected chi connectivity index (χ1v) is 5.01. The maximum absolute atomic E-state index is 5.66. The molecule has 1 aromatic carbocycles. The number of hydrogen-bond acceptors (Lipinski definition) is 3. The van der Waals surface area contributed by atoms with Crippen LogP contribution in [0.3, 0.4) is 0 Å². The second-order valence-corrected chi connectivity index (χ2v) is 3.84. The van der Waals surface area contributed by atoms with Crippen LogP contribution in [0.4, 0.5) is 11.4 Å². The van der Waals surface area contributed by atoms with Crippen molar-refractivity contribution in [2.24, 2.45) is 4.99 Å². The molecular weight excluding hydrogens is 190 g/mol. The molecule has 80 valence electrons. The van der Waals surface area contributed by atoms with Crippen LogP contribution in [-0.4, -0.2) is 18.5 Å². The van der Waals surface area contributed by atoms with E-state index in [1.807, 2.05) is 32.0 Å². The molecule has 1 aromatic rings. The molecule has 0 amide bonds. The highest BCUT2D eigenvalue weighted by atomic mass is 16.5. The fraction of sp³-hybridized carbons (Fsp3) is 0.364. The lowest BCUT2D eigenvalue weighted by atomic mass is 10.2. The number of nitrogens with one attached hydrogen (secondary N) is 1. The highest BCUT2D eigenvalue weighted by Crippen LogP contribution is 2.29. The van der Waals surface area contributed by atoms with Crippen LogP contribution in [0, 0.1) is 0 Å². The first-order valence-electron chi connectivity index (χ1n) is 5.01. The van der Waals surface area contributed by atoms with Gasteiger partial charge in [0.15, 0.2) is 0 Å². The van der Waals surface area contributed by atoms with Crippen molar-refractivity contribution in [2.45, 2.75) is 19.9 Å². The molecule has 1 heterocycles. The smallest absolute Gasteiger partial charge is 0.146 e. The van der Waals surface area contributed by atoms with Crippen LogP contribution in [0.25, 0.3) is 0 Å². The summed E-state index contributed by atoms with van der Waals surface area (Å²) in [6.45, 7) is 4.55. The fourth-order valence-electron chi connectivity index (χ4n) is 1.48. The van der Waals surface area contributed by atoms with Gasteiger partial charge < -0.3 is 15.8 Å². The number of amidine groups is 1. The number of benzene rings is 1. The molecule has 0 radical (unpaired) electrons. The van der Waals surface area contributed by atoms with Gasteiger partial charge in [-0.25, -0.2) is 0 Å². The number of rotatable bonds is 1. The summed E-state index contributed by atoms with van der Waals surface area (Å²) in [5.41, 5.74) is 7.29. The summed E-state index contributed by atoms with van der Waals surface area (Å²) in [6, 6.07) is 5.83. The van der Waals surface area contributed by atoms with Gasteiger partial charge in [-0.05, 0) is 26.0 Å². The van der Waals surface area contributed by atoms with Gasteiger partial charge >= 0.3 is 0 Å². The Labute approximate surface area is 89.1 Å². The van der Waals surface area contributed by atoms with E-state index in [0.717, 1.165) is 17.3 Å². The van der Waals surface area contributed by atoms with E-state index in [9.17, 15) is 0 Å². The Morgan fingerprint density at radius 2 is 2.27 bits per heavy atom. The first-order chi connectivity index (χ1) is 7.15. The Morgan fingerprint density at radius 1 is 1.47 bits per heavy atom. The second kappa shape index (κ2) is 3.81. The van der Waals surface area contributed by atoms with Crippen molar-refractivity contribution in [1.29, 1.82) is 0 Å². The summed E-state index contributed by atoms with van der Waals surface area (Å²) in [4.78, 5) is 4.41. The van der Waals surface area contributed by atoms with Crippen LogP contribution in [0.15, 0.2) is 23.2 Å². The molecule has 0 fully saturated rings. The lowest BCUT2D eigenvalue weighted by molar-refractivity contribution is 0.371. The van der Waals surface area contributed by atoms with Crippen molar-refractivity contribution >= 4 is 17.2 Å². The van der Waals surface area contributed by atoms with E-state index in [4.69, 9.17) is 10.5 Å². The zero-order valence-electron chi connectivity index (χ0n) is 8.95. The molecule has 2 rings (SSSR count). The minimum Gasteiger partial charge on any atom is -0.483 e. The van der Waals surface area contributed by atoms with Gasteiger partial charge in [0.1, 0.15) is 18.2 Å². The predicted octanol–water partition coefficient (Wildman–Crippen LogP) is 1.88. The van der Waals surface area contributed by atoms with Crippen molar-refractivity contribution in [3.05, 3.63) is 18.2 Å². The third kappa shape index (κ3) is 2.21. The Balaban J connectivity index is 2.24. The van der Waals surface area contributed by atoms with Gasteiger partial charge in [0.25, 0.3) is 0 Å². The SMILES string of the molecule is CC(C)N=C1COc2cc(N)ccc2N1. The predicted molar refractivity (Wildman–Crippen MR) is 62.5 cm³/mol. The number of fused-ring (bicyclic) bond motifs is 1. The van der Waals surface area contributed by atoms with Crippen LogP contribution in [0.5, 0.6) is 5.75 Å². The summed E-state index contributed by atoms with van der Waals surface area (Å²) >= 11 is 0. The molecule has 1 aliphatic heterocycles. The van der Waals surface area contributed by atoms with Crippen LogP contribution in [0.1, 0.15) is 13.8 Å².